The molecular formula is C32H31N5O4. The van der Waals surface area contributed by atoms with E-state index in [1.54, 1.807) is 38.5 Å². The number of nitriles is 1. The minimum Gasteiger partial charge on any atom is -0.465 e. The van der Waals surface area contributed by atoms with Crippen LogP contribution in [0.2, 0.25) is 0 Å². The van der Waals surface area contributed by atoms with E-state index in [4.69, 9.17) is 10.00 Å². The number of aryl methyl sites for hydroxylation is 1. The molecule has 1 atom stereocenters. The molecule has 9 heteroatoms. The molecule has 0 N–H and O–H groups in total. The van der Waals surface area contributed by atoms with Gasteiger partial charge in [0.2, 0.25) is 0 Å². The van der Waals surface area contributed by atoms with E-state index in [-0.39, 0.29) is 25.6 Å². The topological polar surface area (TPSA) is 109 Å². The van der Waals surface area contributed by atoms with Crippen molar-refractivity contribution in [2.24, 2.45) is 0 Å². The molecule has 1 fully saturated rings. The molecule has 4 aromatic rings. The Balaban J connectivity index is 1.37. The van der Waals surface area contributed by atoms with Crippen LogP contribution in [0.4, 0.5) is 4.79 Å². The number of ether oxygens (including phenoxy) is 1. The van der Waals surface area contributed by atoms with E-state index in [1.165, 1.54) is 9.80 Å². The number of aromatic nitrogens is 2. The largest absolute Gasteiger partial charge is 0.465 e. The molecular weight excluding hydrogens is 518 g/mol. The Kier molecular flexibility index (Phi) is 7.83. The third kappa shape index (κ3) is 5.29. The zero-order valence-electron chi connectivity index (χ0n) is 23.1. The van der Waals surface area contributed by atoms with Crippen LogP contribution in [0.15, 0.2) is 79.3 Å². The van der Waals surface area contributed by atoms with Crippen molar-refractivity contribution >= 4 is 28.7 Å². The molecule has 0 aliphatic carbocycles. The standard InChI is InChI=1S/C32H31N5O4/c1-3-41-29(38)21-37-31(40)36(30(39)32(37,2)28-12-6-9-25-8-4-5-11-27(25)28)17-7-10-26-19-34-22-35(26)20-24-15-13-23(18-33)14-16-24/h4-6,8-9,11-16,19,22H,3,7,10,17,20-21H2,1-2H3. The molecule has 3 aromatic carbocycles. The minimum absolute atomic E-state index is 0.180. The fraction of sp³-hybridized carbons (Fsp3) is 0.281. The highest BCUT2D eigenvalue weighted by molar-refractivity contribution is 6.10. The maximum Gasteiger partial charge on any atom is 0.328 e. The number of nitrogens with zero attached hydrogens (tertiary/aromatic N) is 5. The summed E-state index contributed by atoms with van der Waals surface area (Å²) >= 11 is 0. The summed E-state index contributed by atoms with van der Waals surface area (Å²) in [5.74, 6) is -0.928. The van der Waals surface area contributed by atoms with E-state index in [0.29, 0.717) is 30.5 Å². The third-order valence-electron chi connectivity index (χ3n) is 7.62. The van der Waals surface area contributed by atoms with Crippen LogP contribution < -0.4 is 0 Å². The summed E-state index contributed by atoms with van der Waals surface area (Å²) in [6.07, 6.45) is 4.65. The average Bonchev–Trinajstić information content (AvgIpc) is 3.50. The van der Waals surface area contributed by atoms with E-state index in [2.05, 4.69) is 11.1 Å². The maximum atomic E-state index is 14.1. The molecule has 1 aromatic heterocycles. The van der Waals surface area contributed by atoms with E-state index < -0.39 is 17.5 Å². The van der Waals surface area contributed by atoms with Gasteiger partial charge in [0.15, 0.2) is 0 Å². The number of imide groups is 1. The van der Waals surface area contributed by atoms with Gasteiger partial charge in [-0.05, 0) is 60.7 Å². The van der Waals surface area contributed by atoms with Gasteiger partial charge in [-0.1, -0.05) is 54.6 Å². The van der Waals surface area contributed by atoms with E-state index >= 15 is 0 Å². The summed E-state index contributed by atoms with van der Waals surface area (Å²) in [4.78, 5) is 47.2. The molecule has 1 aliphatic rings. The van der Waals surface area contributed by atoms with Crippen LogP contribution in [-0.2, 0) is 32.8 Å². The highest BCUT2D eigenvalue weighted by atomic mass is 16.5. The monoisotopic (exact) mass is 549 g/mol. The van der Waals surface area contributed by atoms with Crippen molar-refractivity contribution in [1.82, 2.24) is 19.4 Å². The quantitative estimate of drug-likeness (QED) is 0.211. The molecule has 41 heavy (non-hydrogen) atoms. The lowest BCUT2D eigenvalue weighted by molar-refractivity contribution is -0.145. The fourth-order valence-corrected chi connectivity index (χ4v) is 5.47. The predicted octanol–water partition coefficient (Wildman–Crippen LogP) is 4.63. The van der Waals surface area contributed by atoms with Crippen molar-refractivity contribution in [3.8, 4) is 6.07 Å². The third-order valence-corrected chi connectivity index (χ3v) is 7.62. The number of fused-ring (bicyclic) bond motifs is 1. The van der Waals surface area contributed by atoms with Crippen LogP contribution in [0.3, 0.4) is 0 Å². The van der Waals surface area contributed by atoms with Gasteiger partial charge in [-0.15, -0.1) is 0 Å². The van der Waals surface area contributed by atoms with Crippen molar-refractivity contribution in [1.29, 1.82) is 5.26 Å². The predicted molar refractivity (Wildman–Crippen MR) is 153 cm³/mol. The number of hydrogen-bond acceptors (Lipinski definition) is 6. The molecule has 1 saturated heterocycles. The number of rotatable bonds is 10. The van der Waals surface area contributed by atoms with Gasteiger partial charge in [0.25, 0.3) is 5.91 Å². The molecule has 0 saturated carbocycles. The van der Waals surface area contributed by atoms with E-state index in [1.807, 2.05) is 59.2 Å². The minimum atomic E-state index is -1.37. The molecule has 2 heterocycles. The van der Waals surface area contributed by atoms with Crippen molar-refractivity contribution in [2.45, 2.75) is 38.8 Å². The van der Waals surface area contributed by atoms with Crippen LogP contribution in [0.5, 0.6) is 0 Å². The molecule has 0 radical (unpaired) electrons. The van der Waals surface area contributed by atoms with Gasteiger partial charge in [-0.25, -0.2) is 9.78 Å². The van der Waals surface area contributed by atoms with E-state index in [9.17, 15) is 14.4 Å². The number of benzene rings is 3. The second-order valence-corrected chi connectivity index (χ2v) is 10.2. The van der Waals surface area contributed by atoms with Crippen molar-refractivity contribution in [3.05, 3.63) is 102 Å². The van der Waals surface area contributed by atoms with Crippen molar-refractivity contribution in [3.63, 3.8) is 0 Å². The number of amides is 3. The van der Waals surface area contributed by atoms with Gasteiger partial charge in [0.1, 0.15) is 12.1 Å². The van der Waals surface area contributed by atoms with Gasteiger partial charge < -0.3 is 9.30 Å². The Labute approximate surface area is 238 Å². The summed E-state index contributed by atoms with van der Waals surface area (Å²) in [7, 11) is 0. The molecule has 1 unspecified atom stereocenters. The number of imidazole rings is 1. The zero-order valence-corrected chi connectivity index (χ0v) is 23.1. The van der Waals surface area contributed by atoms with Gasteiger partial charge in [0, 0.05) is 25.0 Å². The molecule has 0 spiro atoms. The number of esters is 1. The second kappa shape index (κ2) is 11.6. The molecule has 5 rings (SSSR count). The van der Waals surface area contributed by atoms with Crippen LogP contribution in [0, 0.1) is 11.3 Å². The number of carbonyl (C=O) groups is 3. The SMILES string of the molecule is CCOC(=O)CN1C(=O)N(CCCc2cncn2Cc2ccc(C#N)cc2)C(=O)C1(C)c1cccc2ccccc12. The van der Waals surface area contributed by atoms with Crippen LogP contribution in [0.1, 0.15) is 42.7 Å². The number of urea groups is 1. The average molecular weight is 550 g/mol. The fourth-order valence-electron chi connectivity index (χ4n) is 5.47. The molecule has 3 amide bonds. The molecule has 0 bridgehead atoms. The number of hydrogen-bond donors (Lipinski definition) is 0. The normalized spacial score (nSPS) is 16.8. The Morgan fingerprint density at radius 3 is 2.56 bits per heavy atom. The van der Waals surface area contributed by atoms with Crippen molar-refractivity contribution in [2.75, 3.05) is 19.7 Å². The van der Waals surface area contributed by atoms with Gasteiger partial charge >= 0.3 is 12.0 Å². The van der Waals surface area contributed by atoms with Gasteiger partial charge in [-0.3, -0.25) is 19.4 Å². The Bertz CT molecular complexity index is 1630. The highest BCUT2D eigenvalue weighted by Crippen LogP contribution is 2.40. The van der Waals surface area contributed by atoms with Gasteiger partial charge in [0.05, 0.1) is 24.6 Å². The lowest BCUT2D eigenvalue weighted by Crippen LogP contribution is -2.47. The lowest BCUT2D eigenvalue weighted by atomic mass is 9.86. The smallest absolute Gasteiger partial charge is 0.328 e. The van der Waals surface area contributed by atoms with Crippen molar-refractivity contribution < 1.29 is 19.1 Å². The van der Waals surface area contributed by atoms with Crippen LogP contribution >= 0.6 is 0 Å². The Hall–Kier alpha value is -4.97. The molecule has 1 aliphatic heterocycles. The Morgan fingerprint density at radius 1 is 1.05 bits per heavy atom. The van der Waals surface area contributed by atoms with Crippen LogP contribution in [0.25, 0.3) is 10.8 Å². The first-order valence-corrected chi connectivity index (χ1v) is 13.6. The molecule has 208 valence electrons. The summed E-state index contributed by atoms with van der Waals surface area (Å²) in [5.41, 5.74) is 1.90. The van der Waals surface area contributed by atoms with Crippen LogP contribution in [-0.4, -0.2) is 57.0 Å². The summed E-state index contributed by atoms with van der Waals surface area (Å²) in [6.45, 7) is 4.05. The first kappa shape index (κ1) is 27.6. The summed E-state index contributed by atoms with van der Waals surface area (Å²) in [6, 6.07) is 22.4. The maximum absolute atomic E-state index is 14.1. The van der Waals surface area contributed by atoms with E-state index in [0.717, 1.165) is 22.0 Å². The zero-order chi connectivity index (χ0) is 29.0. The summed E-state index contributed by atoms with van der Waals surface area (Å²) < 4.78 is 7.17. The highest BCUT2D eigenvalue weighted by Gasteiger charge is 2.56. The molecule has 9 nitrogen and oxygen atoms in total. The second-order valence-electron chi connectivity index (χ2n) is 10.2. The Morgan fingerprint density at radius 2 is 1.80 bits per heavy atom. The number of carbonyl (C=O) groups excluding carboxylic acids is 3. The summed E-state index contributed by atoms with van der Waals surface area (Å²) in [5, 5.41) is 10.8. The first-order chi connectivity index (χ1) is 19.9. The lowest BCUT2D eigenvalue weighted by Gasteiger charge is -2.32. The van der Waals surface area contributed by atoms with Gasteiger partial charge in [-0.2, -0.15) is 5.26 Å². The first-order valence-electron chi connectivity index (χ1n) is 13.6.